The molecule has 18 heavy (non-hydrogen) atoms. The number of nitrogens with one attached hydrogen (secondary N) is 1. The van der Waals surface area contributed by atoms with Gasteiger partial charge in [0.2, 0.25) is 0 Å². The first-order valence-electron chi connectivity index (χ1n) is 7.82. The largest absolute Gasteiger partial charge is 0.312 e. The summed E-state index contributed by atoms with van der Waals surface area (Å²) in [5.41, 5.74) is 0.320. The molecule has 2 nitrogen and oxygen atoms in total. The van der Waals surface area contributed by atoms with E-state index in [-0.39, 0.29) is 0 Å². The van der Waals surface area contributed by atoms with Crippen molar-refractivity contribution in [3.05, 3.63) is 0 Å². The number of likely N-dealkylation sites (tertiary alicyclic amines) is 1. The molecule has 2 aliphatic heterocycles. The van der Waals surface area contributed by atoms with Gasteiger partial charge in [-0.25, -0.2) is 0 Å². The molecule has 4 atom stereocenters. The summed E-state index contributed by atoms with van der Waals surface area (Å²) in [5.74, 6) is 3.53. The predicted octanol–water partition coefficient (Wildman–Crippen LogP) is 2.99. The Balaban J connectivity index is 2.21. The first-order valence-corrected chi connectivity index (χ1v) is 7.82. The lowest BCUT2D eigenvalue weighted by Gasteiger charge is -2.42. The molecular formula is C16H32N2. The van der Waals surface area contributed by atoms with E-state index < -0.39 is 0 Å². The summed E-state index contributed by atoms with van der Waals surface area (Å²) in [6.45, 7) is 13.5. The lowest BCUT2D eigenvalue weighted by atomic mass is 9.69. The lowest BCUT2D eigenvalue weighted by Crippen LogP contribution is -2.48. The molecule has 2 heteroatoms. The normalized spacial score (nSPS) is 42.5. The summed E-state index contributed by atoms with van der Waals surface area (Å²) in [5, 5.41) is 3.76. The second kappa shape index (κ2) is 5.50. The van der Waals surface area contributed by atoms with Crippen LogP contribution in [0.15, 0.2) is 0 Å². The average Bonchev–Trinajstić information content (AvgIpc) is 2.40. The van der Waals surface area contributed by atoms with Crippen molar-refractivity contribution in [2.75, 3.05) is 26.7 Å². The minimum Gasteiger partial charge on any atom is -0.312 e. The summed E-state index contributed by atoms with van der Waals surface area (Å²) in [6, 6.07) is 0. The quantitative estimate of drug-likeness (QED) is 0.713. The Kier molecular flexibility index (Phi) is 4.38. The molecule has 0 spiro atoms. The fourth-order valence-electron chi connectivity index (χ4n) is 4.11. The molecule has 0 saturated carbocycles. The van der Waals surface area contributed by atoms with Crippen LogP contribution in [0.4, 0.5) is 0 Å². The zero-order chi connectivity index (χ0) is 13.3. The van der Waals surface area contributed by atoms with Gasteiger partial charge in [-0.1, -0.05) is 13.8 Å². The molecule has 2 heterocycles. The zero-order valence-electron chi connectivity index (χ0n) is 13.0. The van der Waals surface area contributed by atoms with Gasteiger partial charge in [-0.05, 0) is 76.9 Å². The zero-order valence-corrected chi connectivity index (χ0v) is 13.0. The van der Waals surface area contributed by atoms with Crippen LogP contribution in [0.25, 0.3) is 0 Å². The van der Waals surface area contributed by atoms with E-state index in [1.54, 1.807) is 0 Å². The van der Waals surface area contributed by atoms with Crippen LogP contribution in [0.3, 0.4) is 0 Å². The monoisotopic (exact) mass is 252 g/mol. The van der Waals surface area contributed by atoms with E-state index in [0.717, 1.165) is 23.7 Å². The van der Waals surface area contributed by atoms with E-state index in [1.165, 1.54) is 38.9 Å². The van der Waals surface area contributed by atoms with E-state index in [4.69, 9.17) is 0 Å². The van der Waals surface area contributed by atoms with Gasteiger partial charge in [-0.3, -0.25) is 0 Å². The number of nitrogens with zero attached hydrogens (tertiary/aromatic N) is 1. The molecule has 2 fully saturated rings. The number of fused-ring (bicyclic) bond motifs is 1. The lowest BCUT2D eigenvalue weighted by molar-refractivity contribution is 0.104. The van der Waals surface area contributed by atoms with E-state index >= 15 is 0 Å². The van der Waals surface area contributed by atoms with E-state index in [9.17, 15) is 0 Å². The standard InChI is InChI=1S/C16H32N2/c1-12-6-8-17-16(3,4)10-14-13(2)7-9-18(5)11-15(12)14/h12-15,17H,6-11H2,1-5H3. The Bertz CT molecular complexity index is 274. The van der Waals surface area contributed by atoms with Crippen LogP contribution < -0.4 is 5.32 Å². The van der Waals surface area contributed by atoms with Gasteiger partial charge in [-0.15, -0.1) is 0 Å². The first kappa shape index (κ1) is 14.3. The number of hydrogen-bond acceptors (Lipinski definition) is 2. The average molecular weight is 252 g/mol. The molecule has 2 saturated heterocycles. The van der Waals surface area contributed by atoms with E-state index in [1.807, 2.05) is 0 Å². The summed E-state index contributed by atoms with van der Waals surface area (Å²) < 4.78 is 0. The van der Waals surface area contributed by atoms with E-state index in [0.29, 0.717) is 5.54 Å². The van der Waals surface area contributed by atoms with Crippen LogP contribution in [-0.2, 0) is 0 Å². The third-order valence-electron chi connectivity index (χ3n) is 5.45. The highest BCUT2D eigenvalue weighted by atomic mass is 15.1. The highest BCUT2D eigenvalue weighted by Crippen LogP contribution is 2.40. The topological polar surface area (TPSA) is 15.3 Å². The van der Waals surface area contributed by atoms with Gasteiger partial charge in [0.25, 0.3) is 0 Å². The van der Waals surface area contributed by atoms with Crippen molar-refractivity contribution in [3.63, 3.8) is 0 Å². The van der Waals surface area contributed by atoms with Crippen molar-refractivity contribution in [2.45, 2.75) is 52.5 Å². The Morgan fingerprint density at radius 2 is 1.72 bits per heavy atom. The highest BCUT2D eigenvalue weighted by molar-refractivity contribution is 4.92. The minimum atomic E-state index is 0.320. The Hall–Kier alpha value is -0.0800. The summed E-state index contributed by atoms with van der Waals surface area (Å²) in [6.07, 6.45) is 4.06. The molecule has 0 aromatic rings. The maximum atomic E-state index is 3.76. The van der Waals surface area contributed by atoms with Crippen molar-refractivity contribution < 1.29 is 0 Å². The highest BCUT2D eigenvalue weighted by Gasteiger charge is 2.38. The van der Waals surface area contributed by atoms with Gasteiger partial charge in [-0.2, -0.15) is 0 Å². The molecule has 0 aromatic heterocycles. The maximum absolute atomic E-state index is 3.76. The van der Waals surface area contributed by atoms with E-state index in [2.05, 4.69) is 45.0 Å². The van der Waals surface area contributed by atoms with Crippen LogP contribution in [0.1, 0.15) is 47.0 Å². The van der Waals surface area contributed by atoms with Crippen LogP contribution in [0.2, 0.25) is 0 Å². The SMILES string of the molecule is CC1CCNC(C)(C)CC2C(C)CCN(C)CC12. The third-order valence-corrected chi connectivity index (χ3v) is 5.45. The minimum absolute atomic E-state index is 0.320. The van der Waals surface area contributed by atoms with Crippen LogP contribution in [0, 0.1) is 23.7 Å². The van der Waals surface area contributed by atoms with Crippen molar-refractivity contribution in [3.8, 4) is 0 Å². The van der Waals surface area contributed by atoms with Gasteiger partial charge in [0.05, 0.1) is 0 Å². The molecule has 0 bridgehead atoms. The Morgan fingerprint density at radius 3 is 2.44 bits per heavy atom. The second-order valence-corrected chi connectivity index (χ2v) is 7.64. The molecule has 2 rings (SSSR count). The maximum Gasteiger partial charge on any atom is 0.0128 e. The van der Waals surface area contributed by atoms with Crippen molar-refractivity contribution >= 4 is 0 Å². The van der Waals surface area contributed by atoms with Gasteiger partial charge < -0.3 is 10.2 Å². The molecule has 0 radical (unpaired) electrons. The fraction of sp³-hybridized carbons (Fsp3) is 1.00. The molecule has 4 unspecified atom stereocenters. The summed E-state index contributed by atoms with van der Waals surface area (Å²) in [4.78, 5) is 2.57. The first-order chi connectivity index (χ1) is 8.39. The molecular weight excluding hydrogens is 220 g/mol. The van der Waals surface area contributed by atoms with Crippen molar-refractivity contribution in [1.29, 1.82) is 0 Å². The molecule has 0 aromatic carbocycles. The molecule has 0 aliphatic carbocycles. The van der Waals surface area contributed by atoms with Crippen LogP contribution >= 0.6 is 0 Å². The smallest absolute Gasteiger partial charge is 0.0128 e. The fourth-order valence-corrected chi connectivity index (χ4v) is 4.11. The summed E-state index contributed by atoms with van der Waals surface area (Å²) in [7, 11) is 2.31. The van der Waals surface area contributed by atoms with Crippen molar-refractivity contribution in [2.24, 2.45) is 23.7 Å². The second-order valence-electron chi connectivity index (χ2n) is 7.64. The number of rotatable bonds is 0. The van der Waals surface area contributed by atoms with Gasteiger partial charge >= 0.3 is 0 Å². The third kappa shape index (κ3) is 3.27. The van der Waals surface area contributed by atoms with Crippen LogP contribution in [-0.4, -0.2) is 37.1 Å². The molecule has 2 aliphatic rings. The molecule has 106 valence electrons. The van der Waals surface area contributed by atoms with Gasteiger partial charge in [0.1, 0.15) is 0 Å². The molecule has 1 N–H and O–H groups in total. The molecule has 0 amide bonds. The Morgan fingerprint density at radius 1 is 1.06 bits per heavy atom. The summed E-state index contributed by atoms with van der Waals surface area (Å²) >= 11 is 0. The predicted molar refractivity (Wildman–Crippen MR) is 78.7 cm³/mol. The Labute approximate surface area is 114 Å². The van der Waals surface area contributed by atoms with Gasteiger partial charge in [0, 0.05) is 12.1 Å². The van der Waals surface area contributed by atoms with Gasteiger partial charge in [0.15, 0.2) is 0 Å². The van der Waals surface area contributed by atoms with Crippen LogP contribution in [0.5, 0.6) is 0 Å². The van der Waals surface area contributed by atoms with Crippen molar-refractivity contribution in [1.82, 2.24) is 10.2 Å². The number of hydrogen-bond donors (Lipinski definition) is 1.